The molecule has 2 aliphatic rings. The van der Waals surface area contributed by atoms with Gasteiger partial charge in [-0.25, -0.2) is 0 Å². The normalized spacial score (nSPS) is 29.3. The molecule has 7 heteroatoms. The van der Waals surface area contributed by atoms with Gasteiger partial charge in [-0.15, -0.1) is 0 Å². The zero-order valence-electron chi connectivity index (χ0n) is 13.0. The summed E-state index contributed by atoms with van der Waals surface area (Å²) in [5.41, 5.74) is 6.89. The third-order valence-electron chi connectivity index (χ3n) is 4.17. The minimum Gasteiger partial charge on any atom is -0.492 e. The minimum absolute atomic E-state index is 0.221. The molecule has 2 saturated heterocycles. The molecule has 0 bridgehead atoms. The molecule has 1 amide bonds. The SMILES string of the molecule is Cc1ccc(C(=O)N[C@@H]2CO[C@H]3[C@@H]2OC[C@H]3O)cc1OCCN. The van der Waals surface area contributed by atoms with Gasteiger partial charge in [0.25, 0.3) is 5.91 Å². The highest BCUT2D eigenvalue weighted by atomic mass is 16.6. The number of amides is 1. The van der Waals surface area contributed by atoms with Gasteiger partial charge < -0.3 is 30.4 Å². The Balaban J connectivity index is 1.66. The molecule has 7 nitrogen and oxygen atoms in total. The summed E-state index contributed by atoms with van der Waals surface area (Å²) in [5, 5.41) is 12.6. The Morgan fingerprint density at radius 3 is 2.96 bits per heavy atom. The number of aliphatic hydroxyl groups excluding tert-OH is 1. The summed E-state index contributed by atoms with van der Waals surface area (Å²) >= 11 is 0. The molecular weight excluding hydrogens is 300 g/mol. The molecule has 4 atom stereocenters. The number of carbonyl (C=O) groups excluding carboxylic acids is 1. The number of benzene rings is 1. The van der Waals surface area contributed by atoms with Gasteiger partial charge in [0.1, 0.15) is 30.7 Å². The average Bonchev–Trinajstić information content (AvgIpc) is 3.10. The van der Waals surface area contributed by atoms with Crippen LogP contribution in [0.15, 0.2) is 18.2 Å². The second-order valence-corrected chi connectivity index (χ2v) is 5.86. The van der Waals surface area contributed by atoms with Crippen LogP contribution in [0, 0.1) is 6.92 Å². The molecule has 3 rings (SSSR count). The maximum atomic E-state index is 12.4. The number of hydrogen-bond donors (Lipinski definition) is 3. The summed E-state index contributed by atoms with van der Waals surface area (Å²) in [6.45, 7) is 3.30. The lowest BCUT2D eigenvalue weighted by molar-refractivity contribution is 0.0178. The minimum atomic E-state index is -0.627. The van der Waals surface area contributed by atoms with Crippen molar-refractivity contribution in [3.05, 3.63) is 29.3 Å². The number of rotatable bonds is 5. The van der Waals surface area contributed by atoms with E-state index in [9.17, 15) is 9.90 Å². The second-order valence-electron chi connectivity index (χ2n) is 5.86. The molecule has 126 valence electrons. The molecule has 2 aliphatic heterocycles. The fourth-order valence-corrected chi connectivity index (χ4v) is 2.92. The maximum Gasteiger partial charge on any atom is 0.251 e. The largest absolute Gasteiger partial charge is 0.492 e. The first-order valence-corrected chi connectivity index (χ1v) is 7.76. The summed E-state index contributed by atoms with van der Waals surface area (Å²) in [6, 6.07) is 5.03. The van der Waals surface area contributed by atoms with Gasteiger partial charge in [-0.2, -0.15) is 0 Å². The number of aliphatic hydroxyl groups is 1. The van der Waals surface area contributed by atoms with Crippen molar-refractivity contribution in [3.8, 4) is 5.75 Å². The van der Waals surface area contributed by atoms with Gasteiger partial charge in [0.15, 0.2) is 0 Å². The van der Waals surface area contributed by atoms with Crippen LogP contribution in [0.1, 0.15) is 15.9 Å². The Kier molecular flexibility index (Phi) is 4.82. The van der Waals surface area contributed by atoms with Gasteiger partial charge in [0.05, 0.1) is 19.3 Å². The highest BCUT2D eigenvalue weighted by Gasteiger charge is 2.47. The average molecular weight is 322 g/mol. The second kappa shape index (κ2) is 6.84. The Labute approximate surface area is 134 Å². The molecule has 2 heterocycles. The van der Waals surface area contributed by atoms with E-state index in [1.54, 1.807) is 12.1 Å². The van der Waals surface area contributed by atoms with Crippen molar-refractivity contribution in [2.24, 2.45) is 5.73 Å². The van der Waals surface area contributed by atoms with Crippen molar-refractivity contribution < 1.29 is 24.1 Å². The third-order valence-corrected chi connectivity index (χ3v) is 4.17. The van der Waals surface area contributed by atoms with Crippen LogP contribution in [0.25, 0.3) is 0 Å². The highest BCUT2D eigenvalue weighted by Crippen LogP contribution is 2.27. The zero-order valence-corrected chi connectivity index (χ0v) is 13.0. The van der Waals surface area contributed by atoms with Crippen LogP contribution in [-0.4, -0.2) is 61.7 Å². The van der Waals surface area contributed by atoms with Gasteiger partial charge >= 0.3 is 0 Å². The van der Waals surface area contributed by atoms with Crippen LogP contribution in [-0.2, 0) is 9.47 Å². The lowest BCUT2D eigenvalue weighted by Gasteiger charge is -2.18. The van der Waals surface area contributed by atoms with Crippen LogP contribution < -0.4 is 15.8 Å². The summed E-state index contributed by atoms with van der Waals surface area (Å²) < 4.78 is 16.6. The van der Waals surface area contributed by atoms with Crippen molar-refractivity contribution in [3.63, 3.8) is 0 Å². The van der Waals surface area contributed by atoms with E-state index in [4.69, 9.17) is 19.9 Å². The fraction of sp³-hybridized carbons (Fsp3) is 0.562. The molecule has 0 aromatic heterocycles. The van der Waals surface area contributed by atoms with E-state index < -0.39 is 6.10 Å². The van der Waals surface area contributed by atoms with E-state index in [0.29, 0.717) is 31.1 Å². The number of hydrogen-bond acceptors (Lipinski definition) is 6. The fourth-order valence-electron chi connectivity index (χ4n) is 2.92. The van der Waals surface area contributed by atoms with Crippen molar-refractivity contribution in [1.29, 1.82) is 0 Å². The van der Waals surface area contributed by atoms with E-state index in [0.717, 1.165) is 5.56 Å². The summed E-state index contributed by atoms with van der Waals surface area (Å²) in [7, 11) is 0. The van der Waals surface area contributed by atoms with Gasteiger partial charge in [-0.3, -0.25) is 4.79 Å². The van der Waals surface area contributed by atoms with E-state index in [-0.39, 0.29) is 30.8 Å². The molecule has 4 N–H and O–H groups in total. The molecule has 0 spiro atoms. The molecule has 23 heavy (non-hydrogen) atoms. The Bertz CT molecular complexity index is 580. The van der Waals surface area contributed by atoms with Crippen LogP contribution in [0.2, 0.25) is 0 Å². The quantitative estimate of drug-likeness (QED) is 0.681. The van der Waals surface area contributed by atoms with Gasteiger partial charge in [-0.05, 0) is 24.6 Å². The molecule has 2 fully saturated rings. The summed E-state index contributed by atoms with van der Waals surface area (Å²) in [6.07, 6.45) is -1.29. The maximum absolute atomic E-state index is 12.4. The first-order valence-electron chi connectivity index (χ1n) is 7.76. The van der Waals surface area contributed by atoms with Crippen molar-refractivity contribution in [2.45, 2.75) is 31.3 Å². The topological polar surface area (TPSA) is 103 Å². The first kappa shape index (κ1) is 16.2. The monoisotopic (exact) mass is 322 g/mol. The number of nitrogens with one attached hydrogen (secondary N) is 1. The van der Waals surface area contributed by atoms with Crippen molar-refractivity contribution >= 4 is 5.91 Å². The lowest BCUT2D eigenvalue weighted by atomic mass is 10.1. The Hall–Kier alpha value is -1.67. The van der Waals surface area contributed by atoms with Gasteiger partial charge in [0.2, 0.25) is 0 Å². The van der Waals surface area contributed by atoms with Crippen molar-refractivity contribution in [1.82, 2.24) is 5.32 Å². The lowest BCUT2D eigenvalue weighted by Crippen LogP contribution is -2.44. The molecule has 0 aliphatic carbocycles. The van der Waals surface area contributed by atoms with Crippen LogP contribution in [0.4, 0.5) is 0 Å². The van der Waals surface area contributed by atoms with Crippen LogP contribution >= 0.6 is 0 Å². The number of fused-ring (bicyclic) bond motifs is 1. The van der Waals surface area contributed by atoms with Gasteiger partial charge in [-0.1, -0.05) is 6.07 Å². The van der Waals surface area contributed by atoms with Crippen molar-refractivity contribution in [2.75, 3.05) is 26.4 Å². The summed E-state index contributed by atoms with van der Waals surface area (Å²) in [5.74, 6) is 0.429. The highest BCUT2D eigenvalue weighted by molar-refractivity contribution is 5.95. The van der Waals surface area contributed by atoms with Gasteiger partial charge in [0, 0.05) is 12.1 Å². The molecule has 0 unspecified atom stereocenters. The molecule has 1 aromatic rings. The standard InChI is InChI=1S/C16H22N2O5/c1-9-2-3-10(6-13(9)21-5-4-17)16(20)18-11-7-22-15-12(19)8-23-14(11)15/h2-3,6,11-12,14-15,19H,4-5,7-8,17H2,1H3,(H,18,20)/t11-,12-,14-,15-/m1/s1. The molecule has 0 saturated carbocycles. The first-order chi connectivity index (χ1) is 11.1. The number of ether oxygens (including phenoxy) is 3. The van der Waals surface area contributed by atoms with E-state index in [1.165, 1.54) is 0 Å². The van der Waals surface area contributed by atoms with E-state index in [2.05, 4.69) is 5.32 Å². The predicted octanol–water partition coefficient (Wildman–Crippen LogP) is -0.411. The molecule has 0 radical (unpaired) electrons. The molecular formula is C16H22N2O5. The van der Waals surface area contributed by atoms with Crippen LogP contribution in [0.5, 0.6) is 5.75 Å². The smallest absolute Gasteiger partial charge is 0.251 e. The summed E-state index contributed by atoms with van der Waals surface area (Å²) in [4.78, 5) is 12.4. The number of aryl methyl sites for hydroxylation is 1. The Morgan fingerprint density at radius 2 is 2.17 bits per heavy atom. The molecule has 1 aromatic carbocycles. The van der Waals surface area contributed by atoms with E-state index >= 15 is 0 Å². The zero-order chi connectivity index (χ0) is 16.4. The van der Waals surface area contributed by atoms with E-state index in [1.807, 2.05) is 13.0 Å². The number of carbonyl (C=O) groups is 1. The number of nitrogens with two attached hydrogens (primary N) is 1. The Morgan fingerprint density at radius 1 is 1.39 bits per heavy atom. The predicted molar refractivity (Wildman–Crippen MR) is 82.5 cm³/mol. The van der Waals surface area contributed by atoms with Crippen LogP contribution in [0.3, 0.4) is 0 Å². The third kappa shape index (κ3) is 3.32.